The van der Waals surface area contributed by atoms with Crippen LogP contribution in [-0.2, 0) is 10.2 Å². The van der Waals surface area contributed by atoms with Crippen molar-refractivity contribution >= 4 is 11.6 Å². The van der Waals surface area contributed by atoms with Gasteiger partial charge in [-0.3, -0.25) is 4.79 Å². The molecule has 0 N–H and O–H groups in total. The van der Waals surface area contributed by atoms with Crippen LogP contribution in [0.2, 0.25) is 0 Å². The molecule has 0 aromatic heterocycles. The van der Waals surface area contributed by atoms with Crippen LogP contribution >= 0.6 is 0 Å². The number of amides is 1. The third-order valence-electron chi connectivity index (χ3n) is 5.36. The molecule has 1 aliphatic heterocycles. The standard InChI is InChI=1S/C24H32N2O2/c1-5-22(28-21-13-11-19(12-14-21)24(2,3)4)23(27)26-17-15-25(16-18-26)20-9-7-6-8-10-20/h6-14,22H,5,15-18H2,1-4H3/t22-/m0/s1. The van der Waals surface area contributed by atoms with Crippen molar-refractivity contribution in [2.75, 3.05) is 31.1 Å². The van der Waals surface area contributed by atoms with Gasteiger partial charge in [-0.25, -0.2) is 0 Å². The van der Waals surface area contributed by atoms with Crippen molar-refractivity contribution in [1.82, 2.24) is 4.90 Å². The average molecular weight is 381 g/mol. The summed E-state index contributed by atoms with van der Waals surface area (Å²) in [6.07, 6.45) is 0.238. The van der Waals surface area contributed by atoms with Crippen LogP contribution in [0.1, 0.15) is 39.7 Å². The highest BCUT2D eigenvalue weighted by molar-refractivity contribution is 5.81. The van der Waals surface area contributed by atoms with Crippen LogP contribution in [0.15, 0.2) is 54.6 Å². The van der Waals surface area contributed by atoms with Gasteiger partial charge in [0.1, 0.15) is 5.75 Å². The van der Waals surface area contributed by atoms with Gasteiger partial charge in [-0.05, 0) is 41.7 Å². The molecule has 4 heteroatoms. The maximum Gasteiger partial charge on any atom is 0.263 e. The minimum atomic E-state index is -0.427. The Labute approximate surface area is 169 Å². The van der Waals surface area contributed by atoms with Crippen molar-refractivity contribution in [2.45, 2.75) is 45.6 Å². The minimum Gasteiger partial charge on any atom is -0.481 e. The van der Waals surface area contributed by atoms with E-state index in [1.807, 2.05) is 30.0 Å². The second-order valence-electron chi connectivity index (χ2n) is 8.44. The molecule has 2 aromatic rings. The van der Waals surface area contributed by atoms with E-state index in [1.165, 1.54) is 11.3 Å². The lowest BCUT2D eigenvalue weighted by Crippen LogP contribution is -2.52. The summed E-state index contributed by atoms with van der Waals surface area (Å²) in [6, 6.07) is 18.5. The van der Waals surface area contributed by atoms with Crippen LogP contribution in [-0.4, -0.2) is 43.1 Å². The molecule has 0 radical (unpaired) electrons. The second kappa shape index (κ2) is 8.68. The van der Waals surface area contributed by atoms with Gasteiger partial charge in [0.05, 0.1) is 0 Å². The predicted molar refractivity (Wildman–Crippen MR) is 115 cm³/mol. The van der Waals surface area contributed by atoms with Gasteiger partial charge in [-0.15, -0.1) is 0 Å². The summed E-state index contributed by atoms with van der Waals surface area (Å²) in [6.45, 7) is 11.8. The lowest BCUT2D eigenvalue weighted by atomic mass is 9.87. The molecule has 0 unspecified atom stereocenters. The first-order chi connectivity index (χ1) is 13.4. The molecule has 28 heavy (non-hydrogen) atoms. The predicted octanol–water partition coefficient (Wildman–Crippen LogP) is 4.49. The van der Waals surface area contributed by atoms with Gasteiger partial charge < -0.3 is 14.5 Å². The van der Waals surface area contributed by atoms with E-state index < -0.39 is 6.10 Å². The molecular weight excluding hydrogens is 348 g/mol. The van der Waals surface area contributed by atoms with Gasteiger partial charge in [0, 0.05) is 31.9 Å². The van der Waals surface area contributed by atoms with E-state index in [-0.39, 0.29) is 11.3 Å². The fourth-order valence-electron chi connectivity index (χ4n) is 3.53. The van der Waals surface area contributed by atoms with Gasteiger partial charge in [-0.2, -0.15) is 0 Å². The lowest BCUT2D eigenvalue weighted by molar-refractivity contribution is -0.139. The normalized spacial score (nSPS) is 16.0. The summed E-state index contributed by atoms with van der Waals surface area (Å²) in [5, 5.41) is 0. The van der Waals surface area contributed by atoms with Crippen molar-refractivity contribution in [1.29, 1.82) is 0 Å². The zero-order chi connectivity index (χ0) is 20.1. The van der Waals surface area contributed by atoms with Crippen molar-refractivity contribution in [3.05, 3.63) is 60.2 Å². The molecule has 0 aliphatic carbocycles. The fourth-order valence-corrected chi connectivity index (χ4v) is 3.53. The number of carbonyl (C=O) groups is 1. The van der Waals surface area contributed by atoms with E-state index in [9.17, 15) is 4.79 Å². The second-order valence-corrected chi connectivity index (χ2v) is 8.44. The number of hydrogen-bond acceptors (Lipinski definition) is 3. The lowest BCUT2D eigenvalue weighted by Gasteiger charge is -2.37. The Balaban J connectivity index is 1.58. The van der Waals surface area contributed by atoms with E-state index >= 15 is 0 Å². The molecule has 0 bridgehead atoms. The van der Waals surface area contributed by atoms with Crippen molar-refractivity contribution < 1.29 is 9.53 Å². The molecule has 1 amide bonds. The quantitative estimate of drug-likeness (QED) is 0.766. The van der Waals surface area contributed by atoms with E-state index in [2.05, 4.69) is 62.1 Å². The Kier molecular flexibility index (Phi) is 6.28. The number of anilines is 1. The third kappa shape index (κ3) is 4.86. The van der Waals surface area contributed by atoms with Crippen molar-refractivity contribution in [2.24, 2.45) is 0 Å². The van der Waals surface area contributed by atoms with E-state index in [1.54, 1.807) is 0 Å². The number of para-hydroxylation sites is 1. The number of rotatable bonds is 5. The Morgan fingerprint density at radius 3 is 2.11 bits per heavy atom. The molecular formula is C24H32N2O2. The molecule has 1 fully saturated rings. The number of benzene rings is 2. The van der Waals surface area contributed by atoms with Crippen LogP contribution < -0.4 is 9.64 Å². The summed E-state index contributed by atoms with van der Waals surface area (Å²) in [4.78, 5) is 17.3. The number of piperazine rings is 1. The Hall–Kier alpha value is -2.49. The van der Waals surface area contributed by atoms with Crippen molar-refractivity contribution in [3.8, 4) is 5.75 Å². The zero-order valence-corrected chi connectivity index (χ0v) is 17.5. The molecule has 0 spiro atoms. The molecule has 1 aliphatic rings. The summed E-state index contributed by atoms with van der Waals surface area (Å²) < 4.78 is 6.05. The maximum atomic E-state index is 13.0. The summed E-state index contributed by atoms with van der Waals surface area (Å²) in [7, 11) is 0. The van der Waals surface area contributed by atoms with E-state index in [0.717, 1.165) is 31.9 Å². The summed E-state index contributed by atoms with van der Waals surface area (Å²) in [5.41, 5.74) is 2.59. The highest BCUT2D eigenvalue weighted by atomic mass is 16.5. The van der Waals surface area contributed by atoms with E-state index in [4.69, 9.17) is 4.74 Å². The zero-order valence-electron chi connectivity index (χ0n) is 17.5. The first kappa shape index (κ1) is 20.2. The number of nitrogens with zero attached hydrogens (tertiary/aromatic N) is 2. The average Bonchev–Trinajstić information content (AvgIpc) is 2.72. The summed E-state index contributed by atoms with van der Waals surface area (Å²) in [5.74, 6) is 0.853. The van der Waals surface area contributed by atoms with Crippen LogP contribution in [0, 0.1) is 0 Å². The Bertz CT molecular complexity index is 757. The monoisotopic (exact) mass is 380 g/mol. The Morgan fingerprint density at radius 1 is 0.964 bits per heavy atom. The minimum absolute atomic E-state index is 0.0927. The van der Waals surface area contributed by atoms with Crippen LogP contribution in [0.5, 0.6) is 5.75 Å². The molecule has 3 rings (SSSR count). The summed E-state index contributed by atoms with van der Waals surface area (Å²) >= 11 is 0. The smallest absolute Gasteiger partial charge is 0.263 e. The maximum absolute atomic E-state index is 13.0. The van der Waals surface area contributed by atoms with Crippen molar-refractivity contribution in [3.63, 3.8) is 0 Å². The van der Waals surface area contributed by atoms with Gasteiger partial charge in [0.25, 0.3) is 5.91 Å². The Morgan fingerprint density at radius 2 is 1.57 bits per heavy atom. The number of ether oxygens (including phenoxy) is 1. The topological polar surface area (TPSA) is 32.8 Å². The number of hydrogen-bond donors (Lipinski definition) is 0. The first-order valence-electron chi connectivity index (χ1n) is 10.2. The molecule has 150 valence electrons. The SMILES string of the molecule is CC[C@H](Oc1ccc(C(C)(C)C)cc1)C(=O)N1CCN(c2ccccc2)CC1. The van der Waals surface area contributed by atoms with E-state index in [0.29, 0.717) is 6.42 Å². The molecule has 1 atom stereocenters. The van der Waals surface area contributed by atoms with Gasteiger partial charge in [0.2, 0.25) is 0 Å². The van der Waals surface area contributed by atoms with Crippen LogP contribution in [0.4, 0.5) is 5.69 Å². The fraction of sp³-hybridized carbons (Fsp3) is 0.458. The highest BCUT2D eigenvalue weighted by Crippen LogP contribution is 2.25. The molecule has 2 aromatic carbocycles. The van der Waals surface area contributed by atoms with Crippen LogP contribution in [0.3, 0.4) is 0 Å². The van der Waals surface area contributed by atoms with Gasteiger partial charge >= 0.3 is 0 Å². The highest BCUT2D eigenvalue weighted by Gasteiger charge is 2.28. The largest absolute Gasteiger partial charge is 0.481 e. The molecule has 1 heterocycles. The van der Waals surface area contributed by atoms with Crippen LogP contribution in [0.25, 0.3) is 0 Å². The third-order valence-corrected chi connectivity index (χ3v) is 5.36. The first-order valence-corrected chi connectivity index (χ1v) is 10.2. The van der Waals surface area contributed by atoms with Gasteiger partial charge in [-0.1, -0.05) is 58.0 Å². The molecule has 0 saturated carbocycles. The molecule has 4 nitrogen and oxygen atoms in total. The molecule has 1 saturated heterocycles. The number of carbonyl (C=O) groups excluding carboxylic acids is 1. The van der Waals surface area contributed by atoms with Gasteiger partial charge in [0.15, 0.2) is 6.10 Å².